The zero-order valence-corrected chi connectivity index (χ0v) is 22.5. The van der Waals surface area contributed by atoms with Gasteiger partial charge in [-0.2, -0.15) is 0 Å². The highest BCUT2D eigenvalue weighted by molar-refractivity contribution is 5.84. The summed E-state index contributed by atoms with van der Waals surface area (Å²) >= 11 is 0. The summed E-state index contributed by atoms with van der Waals surface area (Å²) in [6.07, 6.45) is 4.04. The van der Waals surface area contributed by atoms with Crippen LogP contribution in [-0.2, 0) is 0 Å². The predicted molar refractivity (Wildman–Crippen MR) is 161 cm³/mol. The lowest BCUT2D eigenvalue weighted by molar-refractivity contribution is 0.255. The fourth-order valence-corrected chi connectivity index (χ4v) is 5.98. The Morgan fingerprint density at radius 1 is 0.825 bits per heavy atom. The van der Waals surface area contributed by atoms with Crippen molar-refractivity contribution in [2.24, 2.45) is 0 Å². The van der Waals surface area contributed by atoms with Gasteiger partial charge in [0.2, 0.25) is 0 Å². The highest BCUT2D eigenvalue weighted by atomic mass is 16.1. The quantitative estimate of drug-likeness (QED) is 0.283. The van der Waals surface area contributed by atoms with E-state index in [2.05, 4.69) is 47.3 Å². The molecule has 40 heavy (non-hydrogen) atoms. The van der Waals surface area contributed by atoms with Crippen LogP contribution in [-0.4, -0.2) is 44.6 Å². The molecule has 1 N–H and O–H groups in total. The number of aromatic amines is 1. The lowest BCUT2D eigenvalue weighted by Crippen LogP contribution is -2.29. The minimum Gasteiger partial charge on any atom is -0.340 e. The number of nitrogens with zero attached hydrogens (tertiary/aromatic N) is 4. The Kier molecular flexibility index (Phi) is 6.25. The zero-order valence-electron chi connectivity index (χ0n) is 22.5. The smallest absolute Gasteiger partial charge is 0.262 e. The second-order valence-corrected chi connectivity index (χ2v) is 10.8. The van der Waals surface area contributed by atoms with Gasteiger partial charge >= 0.3 is 0 Å². The van der Waals surface area contributed by atoms with Gasteiger partial charge in [0.25, 0.3) is 5.56 Å². The van der Waals surface area contributed by atoms with E-state index in [0.717, 1.165) is 40.8 Å². The van der Waals surface area contributed by atoms with Crippen molar-refractivity contribution in [1.29, 1.82) is 0 Å². The molecule has 0 amide bonds. The number of hydrogen-bond acceptors (Lipinski definition) is 4. The van der Waals surface area contributed by atoms with Crippen LogP contribution >= 0.6 is 0 Å². The number of imidazole rings is 1. The summed E-state index contributed by atoms with van der Waals surface area (Å²) in [5, 5.41) is 0.594. The molecule has 7 rings (SSSR count). The molecule has 6 nitrogen and oxygen atoms in total. The number of benzene rings is 4. The Morgan fingerprint density at radius 2 is 1.55 bits per heavy atom. The van der Waals surface area contributed by atoms with Crippen molar-refractivity contribution in [2.75, 3.05) is 20.1 Å². The Hall–Kier alpha value is -4.55. The van der Waals surface area contributed by atoms with E-state index in [4.69, 9.17) is 9.97 Å². The summed E-state index contributed by atoms with van der Waals surface area (Å²) < 4.78 is 1.70. The summed E-state index contributed by atoms with van der Waals surface area (Å²) in [5.74, 6) is 1.32. The SMILES string of the molecule is CN1CCC(c2ccc(-c3ccc4ncn(C(c5ccccc5)c5nc6ccccc6[nH]5)c(=O)c4c3)cc2)CC1. The first-order chi connectivity index (χ1) is 19.6. The Bertz CT molecular complexity index is 1810. The van der Waals surface area contributed by atoms with E-state index in [9.17, 15) is 4.79 Å². The second-order valence-electron chi connectivity index (χ2n) is 10.8. The highest BCUT2D eigenvalue weighted by Gasteiger charge is 2.23. The third kappa shape index (κ3) is 4.50. The molecule has 1 atom stereocenters. The molecule has 0 aliphatic carbocycles. The molecule has 1 saturated heterocycles. The van der Waals surface area contributed by atoms with Gasteiger partial charge in [-0.15, -0.1) is 0 Å². The molecule has 0 spiro atoms. The molecule has 2 aromatic heterocycles. The number of hydrogen-bond donors (Lipinski definition) is 1. The number of para-hydroxylation sites is 2. The summed E-state index contributed by atoms with van der Waals surface area (Å²) in [4.78, 5) is 29.5. The molecule has 1 unspecified atom stereocenters. The summed E-state index contributed by atoms with van der Waals surface area (Å²) in [7, 11) is 2.20. The largest absolute Gasteiger partial charge is 0.340 e. The van der Waals surface area contributed by atoms with E-state index in [1.165, 1.54) is 18.4 Å². The van der Waals surface area contributed by atoms with Crippen LogP contribution in [0.15, 0.2) is 108 Å². The van der Waals surface area contributed by atoms with Gasteiger partial charge in [0, 0.05) is 0 Å². The number of fused-ring (bicyclic) bond motifs is 2. The van der Waals surface area contributed by atoms with Crippen LogP contribution in [0, 0.1) is 0 Å². The molecular formula is C34H31N5O. The lowest BCUT2D eigenvalue weighted by atomic mass is 9.88. The highest BCUT2D eigenvalue weighted by Crippen LogP contribution is 2.31. The van der Waals surface area contributed by atoms with Crippen LogP contribution in [0.1, 0.15) is 41.8 Å². The van der Waals surface area contributed by atoms with Gasteiger partial charge in [-0.3, -0.25) is 9.36 Å². The molecule has 6 heteroatoms. The molecule has 0 bridgehead atoms. The number of aromatic nitrogens is 4. The van der Waals surface area contributed by atoms with Crippen molar-refractivity contribution in [3.05, 3.63) is 131 Å². The van der Waals surface area contributed by atoms with Gasteiger partial charge in [0.15, 0.2) is 0 Å². The van der Waals surface area contributed by atoms with Crippen molar-refractivity contribution < 1.29 is 0 Å². The second kappa shape index (κ2) is 10.2. The minimum absolute atomic E-state index is 0.0934. The average molecular weight is 526 g/mol. The van der Waals surface area contributed by atoms with E-state index < -0.39 is 6.04 Å². The van der Waals surface area contributed by atoms with Crippen molar-refractivity contribution >= 4 is 21.9 Å². The van der Waals surface area contributed by atoms with Gasteiger partial charge in [0.05, 0.1) is 28.3 Å². The molecule has 0 saturated carbocycles. The molecule has 6 aromatic rings. The van der Waals surface area contributed by atoms with Gasteiger partial charge in [0.1, 0.15) is 11.9 Å². The topological polar surface area (TPSA) is 66.8 Å². The van der Waals surface area contributed by atoms with Crippen molar-refractivity contribution in [3.63, 3.8) is 0 Å². The van der Waals surface area contributed by atoms with Crippen LogP contribution in [0.2, 0.25) is 0 Å². The molecule has 1 aliphatic heterocycles. The molecule has 3 heterocycles. The molecule has 198 valence electrons. The monoisotopic (exact) mass is 525 g/mol. The molecule has 1 aliphatic rings. The predicted octanol–water partition coefficient (Wildman–Crippen LogP) is 6.39. The van der Waals surface area contributed by atoms with Crippen molar-refractivity contribution in [3.8, 4) is 11.1 Å². The van der Waals surface area contributed by atoms with E-state index in [0.29, 0.717) is 22.6 Å². The van der Waals surface area contributed by atoms with E-state index in [1.807, 2.05) is 66.7 Å². The molecular weight excluding hydrogens is 494 g/mol. The van der Waals surface area contributed by atoms with Crippen molar-refractivity contribution in [2.45, 2.75) is 24.8 Å². The number of nitrogens with one attached hydrogen (secondary N) is 1. The van der Waals surface area contributed by atoms with Crippen LogP contribution in [0.3, 0.4) is 0 Å². The normalized spacial score (nSPS) is 15.5. The fraction of sp³-hybridized carbons (Fsp3) is 0.206. The Labute approximate surface area is 233 Å². The first-order valence-corrected chi connectivity index (χ1v) is 13.9. The van der Waals surface area contributed by atoms with E-state index in [-0.39, 0.29) is 5.56 Å². The third-order valence-corrected chi connectivity index (χ3v) is 8.28. The molecule has 1 fully saturated rings. The summed E-state index contributed by atoms with van der Waals surface area (Å²) in [5.41, 5.74) is 6.87. The summed E-state index contributed by atoms with van der Waals surface area (Å²) in [6.45, 7) is 2.29. The summed E-state index contributed by atoms with van der Waals surface area (Å²) in [6, 6.07) is 32.3. The van der Waals surface area contributed by atoms with E-state index in [1.54, 1.807) is 10.9 Å². The number of rotatable bonds is 5. The van der Waals surface area contributed by atoms with Crippen LogP contribution in [0.4, 0.5) is 0 Å². The Balaban J connectivity index is 1.29. The van der Waals surface area contributed by atoms with Gasteiger partial charge in [-0.1, -0.05) is 72.8 Å². The van der Waals surface area contributed by atoms with Crippen LogP contribution in [0.25, 0.3) is 33.1 Å². The third-order valence-electron chi connectivity index (χ3n) is 8.28. The zero-order chi connectivity index (χ0) is 27.1. The Morgan fingerprint density at radius 3 is 2.33 bits per heavy atom. The first-order valence-electron chi connectivity index (χ1n) is 13.9. The molecule has 4 aromatic carbocycles. The first kappa shape index (κ1) is 24.5. The minimum atomic E-state index is -0.435. The van der Waals surface area contributed by atoms with Crippen LogP contribution in [0.5, 0.6) is 0 Å². The number of likely N-dealkylation sites (tertiary alicyclic amines) is 1. The standard InChI is InChI=1S/C34H31N5O/c1-38-19-17-25(18-20-38)23-11-13-24(14-12-23)27-15-16-29-28(21-27)34(40)39(22-35-29)32(26-7-3-2-4-8-26)33-36-30-9-5-6-10-31(30)37-33/h2-16,21-22,25,32H,17-20H2,1H3,(H,36,37). The average Bonchev–Trinajstić information content (AvgIpc) is 3.43. The molecule has 0 radical (unpaired) electrons. The number of piperidine rings is 1. The number of H-pyrrole nitrogens is 1. The fourth-order valence-electron chi connectivity index (χ4n) is 5.98. The van der Waals surface area contributed by atoms with Gasteiger partial charge in [-0.25, -0.2) is 9.97 Å². The van der Waals surface area contributed by atoms with Gasteiger partial charge in [-0.05, 0) is 85.4 Å². The maximum absolute atomic E-state index is 14.1. The van der Waals surface area contributed by atoms with Gasteiger partial charge < -0.3 is 9.88 Å². The van der Waals surface area contributed by atoms with E-state index >= 15 is 0 Å². The van der Waals surface area contributed by atoms with Crippen molar-refractivity contribution in [1.82, 2.24) is 24.4 Å². The maximum atomic E-state index is 14.1. The lowest BCUT2D eigenvalue weighted by Gasteiger charge is -2.29. The van der Waals surface area contributed by atoms with Crippen LogP contribution < -0.4 is 5.56 Å². The maximum Gasteiger partial charge on any atom is 0.262 e.